The van der Waals surface area contributed by atoms with Crippen molar-refractivity contribution in [1.29, 1.82) is 0 Å². The van der Waals surface area contributed by atoms with Crippen LogP contribution in [0.4, 0.5) is 4.79 Å². The molecule has 0 N–H and O–H groups in total. The second-order valence-corrected chi connectivity index (χ2v) is 8.04. The summed E-state index contributed by atoms with van der Waals surface area (Å²) in [6.07, 6.45) is 1.48. The average molecular weight is 337 g/mol. The second kappa shape index (κ2) is 7.61. The lowest BCUT2D eigenvalue weighted by atomic mass is 10.1. The Morgan fingerprint density at radius 3 is 2.23 bits per heavy atom. The first-order valence-electron chi connectivity index (χ1n) is 7.52. The zero-order chi connectivity index (χ0) is 17.0. The predicted molar refractivity (Wildman–Crippen MR) is 81.9 cm³/mol. The quantitative estimate of drug-likeness (QED) is 0.564. The minimum absolute atomic E-state index is 0.120. The fourth-order valence-corrected chi connectivity index (χ4v) is 2.67. The number of hydrogen-bond donors (Lipinski definition) is 0. The molecule has 1 aliphatic heterocycles. The summed E-state index contributed by atoms with van der Waals surface area (Å²) in [4.78, 5) is 13.6. The fourth-order valence-electron chi connectivity index (χ4n) is 2.10. The molecular formula is C14H27NO6S. The van der Waals surface area contributed by atoms with Crippen LogP contribution < -0.4 is 0 Å². The van der Waals surface area contributed by atoms with Crippen molar-refractivity contribution in [2.75, 3.05) is 19.3 Å². The van der Waals surface area contributed by atoms with Gasteiger partial charge in [-0.1, -0.05) is 6.92 Å². The van der Waals surface area contributed by atoms with Crippen molar-refractivity contribution in [3.63, 3.8) is 0 Å². The molecule has 0 aliphatic carbocycles. The van der Waals surface area contributed by atoms with Gasteiger partial charge in [0.05, 0.1) is 12.4 Å². The molecule has 0 radical (unpaired) electrons. The first-order chi connectivity index (χ1) is 10.00. The van der Waals surface area contributed by atoms with Gasteiger partial charge in [-0.25, -0.2) is 8.98 Å². The Morgan fingerprint density at radius 2 is 1.82 bits per heavy atom. The van der Waals surface area contributed by atoms with Gasteiger partial charge in [0.25, 0.3) is 10.1 Å². The maximum absolute atomic E-state index is 11.9. The molecule has 1 heterocycles. The Balaban J connectivity index is 2.43. The molecule has 1 saturated heterocycles. The van der Waals surface area contributed by atoms with Crippen LogP contribution in [-0.4, -0.2) is 56.8 Å². The minimum Gasteiger partial charge on any atom is -0.444 e. The molecule has 1 atom stereocenters. The molecule has 0 saturated carbocycles. The number of likely N-dealkylation sites (tertiary alicyclic amines) is 1. The monoisotopic (exact) mass is 337 g/mol. The highest BCUT2D eigenvalue weighted by atomic mass is 32.2. The maximum Gasteiger partial charge on any atom is 0.410 e. The third-order valence-corrected chi connectivity index (χ3v) is 3.62. The normalized spacial score (nSPS) is 19.0. The van der Waals surface area contributed by atoms with E-state index in [0.717, 1.165) is 6.26 Å². The molecule has 1 amide bonds. The van der Waals surface area contributed by atoms with E-state index in [1.807, 2.05) is 20.8 Å². The topological polar surface area (TPSA) is 82.1 Å². The minimum atomic E-state index is -3.54. The van der Waals surface area contributed by atoms with Crippen LogP contribution in [0.5, 0.6) is 0 Å². The Morgan fingerprint density at radius 1 is 1.27 bits per heavy atom. The number of piperidine rings is 1. The largest absolute Gasteiger partial charge is 0.444 e. The Kier molecular flexibility index (Phi) is 6.64. The molecular weight excluding hydrogens is 310 g/mol. The summed E-state index contributed by atoms with van der Waals surface area (Å²) in [5.41, 5.74) is -0.513. The van der Waals surface area contributed by atoms with Crippen molar-refractivity contribution in [2.45, 2.75) is 65.0 Å². The van der Waals surface area contributed by atoms with Crippen LogP contribution in [-0.2, 0) is 23.8 Å². The maximum atomic E-state index is 11.9. The summed E-state index contributed by atoms with van der Waals surface area (Å²) >= 11 is 0. The van der Waals surface area contributed by atoms with Crippen LogP contribution in [0, 0.1) is 0 Å². The van der Waals surface area contributed by atoms with Crippen molar-refractivity contribution < 1.29 is 26.9 Å². The fraction of sp³-hybridized carbons (Fsp3) is 0.929. The number of ether oxygens (including phenoxy) is 2. The highest BCUT2D eigenvalue weighted by Gasteiger charge is 2.29. The number of hydrogen-bond acceptors (Lipinski definition) is 6. The summed E-state index contributed by atoms with van der Waals surface area (Å²) in [5.74, 6) is 0. The molecule has 0 aromatic carbocycles. The SMILES string of the molecule is CCC(OC1CCN(C(=O)OC(C)(C)C)CC1)OS(C)(=O)=O. The van der Waals surface area contributed by atoms with Crippen LogP contribution in [0.15, 0.2) is 0 Å². The predicted octanol–water partition coefficient (Wildman–Crippen LogP) is 2.11. The van der Waals surface area contributed by atoms with Gasteiger partial charge in [0, 0.05) is 13.1 Å². The van der Waals surface area contributed by atoms with Crippen LogP contribution in [0.2, 0.25) is 0 Å². The summed E-state index contributed by atoms with van der Waals surface area (Å²) in [6, 6.07) is 0. The highest BCUT2D eigenvalue weighted by molar-refractivity contribution is 7.86. The molecule has 0 bridgehead atoms. The standard InChI is InChI=1S/C14H27NO6S/c1-6-12(21-22(5,17)18)19-11-7-9-15(10-8-11)13(16)20-14(2,3)4/h11-12H,6-10H2,1-5H3. The average Bonchev–Trinajstić information content (AvgIpc) is 2.35. The van der Waals surface area contributed by atoms with Crippen LogP contribution in [0.3, 0.4) is 0 Å². The Bertz CT molecular complexity index is 462. The van der Waals surface area contributed by atoms with Crippen molar-refractivity contribution in [2.24, 2.45) is 0 Å². The van der Waals surface area contributed by atoms with Gasteiger partial charge in [0.15, 0.2) is 6.29 Å². The van der Waals surface area contributed by atoms with E-state index in [9.17, 15) is 13.2 Å². The van der Waals surface area contributed by atoms with E-state index in [1.165, 1.54) is 0 Å². The summed E-state index contributed by atoms with van der Waals surface area (Å²) in [7, 11) is -3.54. The Labute approximate surface area is 133 Å². The number of carbonyl (C=O) groups is 1. The number of amides is 1. The van der Waals surface area contributed by atoms with Crippen LogP contribution >= 0.6 is 0 Å². The molecule has 1 fully saturated rings. The smallest absolute Gasteiger partial charge is 0.410 e. The molecule has 0 spiro atoms. The van der Waals surface area contributed by atoms with E-state index in [1.54, 1.807) is 11.8 Å². The van der Waals surface area contributed by atoms with Gasteiger partial charge in [-0.2, -0.15) is 8.42 Å². The van der Waals surface area contributed by atoms with E-state index in [2.05, 4.69) is 0 Å². The van der Waals surface area contributed by atoms with Gasteiger partial charge >= 0.3 is 6.09 Å². The van der Waals surface area contributed by atoms with E-state index < -0.39 is 22.0 Å². The number of rotatable bonds is 5. The van der Waals surface area contributed by atoms with Gasteiger partial charge in [-0.15, -0.1) is 0 Å². The van der Waals surface area contributed by atoms with Gasteiger partial charge < -0.3 is 14.4 Å². The summed E-state index contributed by atoms with van der Waals surface area (Å²) in [6.45, 7) is 8.33. The third-order valence-electron chi connectivity index (χ3n) is 3.05. The lowest BCUT2D eigenvalue weighted by Gasteiger charge is -2.34. The van der Waals surface area contributed by atoms with E-state index in [-0.39, 0.29) is 12.2 Å². The Hall–Kier alpha value is -0.860. The van der Waals surface area contributed by atoms with Gasteiger partial charge in [-0.3, -0.25) is 0 Å². The molecule has 130 valence electrons. The van der Waals surface area contributed by atoms with Gasteiger partial charge in [-0.05, 0) is 40.0 Å². The molecule has 22 heavy (non-hydrogen) atoms. The van der Waals surface area contributed by atoms with E-state index in [4.69, 9.17) is 13.7 Å². The van der Waals surface area contributed by atoms with E-state index >= 15 is 0 Å². The summed E-state index contributed by atoms with van der Waals surface area (Å²) in [5, 5.41) is 0. The lowest BCUT2D eigenvalue weighted by Crippen LogP contribution is -2.44. The highest BCUT2D eigenvalue weighted by Crippen LogP contribution is 2.20. The molecule has 8 heteroatoms. The second-order valence-electron chi connectivity index (χ2n) is 6.44. The zero-order valence-electron chi connectivity index (χ0n) is 14.0. The van der Waals surface area contributed by atoms with Crippen molar-refractivity contribution in [1.82, 2.24) is 4.90 Å². The molecule has 0 aromatic rings. The van der Waals surface area contributed by atoms with Crippen LogP contribution in [0.1, 0.15) is 47.0 Å². The van der Waals surface area contributed by atoms with Gasteiger partial charge in [0.2, 0.25) is 0 Å². The molecule has 1 rings (SSSR count). The van der Waals surface area contributed by atoms with Gasteiger partial charge in [0.1, 0.15) is 5.60 Å². The summed E-state index contributed by atoms with van der Waals surface area (Å²) < 4.78 is 38.2. The van der Waals surface area contributed by atoms with Crippen molar-refractivity contribution in [3.05, 3.63) is 0 Å². The molecule has 0 aromatic heterocycles. The molecule has 1 unspecified atom stereocenters. The molecule has 7 nitrogen and oxygen atoms in total. The number of carbonyl (C=O) groups excluding carboxylic acids is 1. The molecule has 1 aliphatic rings. The first-order valence-corrected chi connectivity index (χ1v) is 9.33. The zero-order valence-corrected chi connectivity index (χ0v) is 14.8. The van der Waals surface area contributed by atoms with Crippen molar-refractivity contribution in [3.8, 4) is 0 Å². The lowest BCUT2D eigenvalue weighted by molar-refractivity contribution is -0.130. The third kappa shape index (κ3) is 7.42. The van der Waals surface area contributed by atoms with Crippen LogP contribution in [0.25, 0.3) is 0 Å². The first kappa shape index (κ1) is 19.2. The van der Waals surface area contributed by atoms with Crippen molar-refractivity contribution >= 4 is 16.2 Å². The van der Waals surface area contributed by atoms with E-state index in [0.29, 0.717) is 32.4 Å². The number of nitrogens with zero attached hydrogens (tertiary/aromatic N) is 1.